The first-order chi connectivity index (χ1) is 5.06. The summed E-state index contributed by atoms with van der Waals surface area (Å²) in [5.41, 5.74) is 5.46. The smallest absolute Gasteiger partial charge is 0.152 e. The summed E-state index contributed by atoms with van der Waals surface area (Å²) in [5, 5.41) is -0.176. The highest BCUT2D eigenvalue weighted by molar-refractivity contribution is 7.92. The molecule has 12 heavy (non-hydrogen) atoms. The summed E-state index contributed by atoms with van der Waals surface area (Å²) in [6.45, 7) is 2.40. The Labute approximate surface area is 80.0 Å². The Kier molecular flexibility index (Phi) is 4.51. The van der Waals surface area contributed by atoms with Gasteiger partial charge in [-0.3, -0.25) is 0 Å². The van der Waals surface area contributed by atoms with Gasteiger partial charge >= 0.3 is 0 Å². The van der Waals surface area contributed by atoms with Crippen LogP contribution in [0.15, 0.2) is 0 Å². The second kappa shape index (κ2) is 4.44. The van der Waals surface area contributed by atoms with Crippen molar-refractivity contribution in [3.8, 4) is 0 Å². The molecule has 0 aromatic carbocycles. The van der Waals surface area contributed by atoms with E-state index in [0.717, 1.165) is 12.8 Å². The van der Waals surface area contributed by atoms with E-state index in [9.17, 15) is 8.42 Å². The van der Waals surface area contributed by atoms with Crippen molar-refractivity contribution in [2.45, 2.75) is 25.0 Å². The maximum Gasteiger partial charge on any atom is 0.152 e. The van der Waals surface area contributed by atoms with Crippen LogP contribution in [-0.4, -0.2) is 26.0 Å². The van der Waals surface area contributed by atoms with Gasteiger partial charge in [-0.05, 0) is 32.2 Å². The Morgan fingerprint density at radius 1 is 1.50 bits per heavy atom. The second-order valence-corrected chi connectivity index (χ2v) is 5.84. The largest absolute Gasteiger partial charge is 0.330 e. The predicted molar refractivity (Wildman–Crippen MR) is 52.3 cm³/mol. The molecule has 0 spiro atoms. The van der Waals surface area contributed by atoms with E-state index >= 15 is 0 Å². The van der Waals surface area contributed by atoms with E-state index in [0.29, 0.717) is 18.2 Å². The Morgan fingerprint density at radius 3 is 2.50 bits per heavy atom. The number of nitrogens with two attached hydrogens (primary N) is 1. The third kappa shape index (κ3) is 2.61. The van der Waals surface area contributed by atoms with E-state index in [4.69, 9.17) is 5.73 Å². The standard InChI is InChI=1S/C7H15NO2S.ClH/c1-6-4-7(5-8)2-3-11(6,9)10;/h6-7H,2-5,8H2,1H3;1H. The highest BCUT2D eigenvalue weighted by Gasteiger charge is 2.29. The van der Waals surface area contributed by atoms with Crippen LogP contribution < -0.4 is 5.73 Å². The third-order valence-corrected chi connectivity index (χ3v) is 4.65. The molecule has 1 aliphatic heterocycles. The van der Waals surface area contributed by atoms with Gasteiger partial charge in [0, 0.05) is 0 Å². The molecular weight excluding hydrogens is 198 g/mol. The summed E-state index contributed by atoms with van der Waals surface area (Å²) in [4.78, 5) is 0. The van der Waals surface area contributed by atoms with Gasteiger partial charge in [-0.2, -0.15) is 0 Å². The van der Waals surface area contributed by atoms with Crippen molar-refractivity contribution in [3.05, 3.63) is 0 Å². The van der Waals surface area contributed by atoms with Gasteiger partial charge in [-0.25, -0.2) is 8.42 Å². The van der Waals surface area contributed by atoms with Crippen LogP contribution >= 0.6 is 12.4 Å². The Hall–Kier alpha value is 0.200. The molecule has 1 heterocycles. The fourth-order valence-corrected chi connectivity index (χ4v) is 3.11. The van der Waals surface area contributed by atoms with E-state index in [2.05, 4.69) is 0 Å². The average Bonchev–Trinajstić information content (AvgIpc) is 1.95. The molecule has 2 N–H and O–H groups in total. The molecule has 0 saturated carbocycles. The van der Waals surface area contributed by atoms with E-state index in [1.807, 2.05) is 0 Å². The molecule has 2 unspecified atom stereocenters. The lowest BCUT2D eigenvalue weighted by molar-refractivity contribution is 0.441. The minimum absolute atomic E-state index is 0. The van der Waals surface area contributed by atoms with E-state index in [-0.39, 0.29) is 17.7 Å². The first-order valence-corrected chi connectivity index (χ1v) is 5.69. The van der Waals surface area contributed by atoms with Crippen LogP contribution in [0.1, 0.15) is 19.8 Å². The Bertz CT molecular complexity index is 228. The maximum atomic E-state index is 11.2. The lowest BCUT2D eigenvalue weighted by Gasteiger charge is -2.25. The van der Waals surface area contributed by atoms with Crippen LogP contribution in [0.3, 0.4) is 0 Å². The molecule has 0 amide bonds. The summed E-state index contributed by atoms with van der Waals surface area (Å²) in [7, 11) is -2.76. The zero-order valence-corrected chi connectivity index (χ0v) is 8.83. The van der Waals surface area contributed by atoms with Crippen LogP contribution in [0.25, 0.3) is 0 Å². The first kappa shape index (κ1) is 12.2. The van der Waals surface area contributed by atoms with Crippen molar-refractivity contribution in [1.82, 2.24) is 0 Å². The molecule has 3 nitrogen and oxygen atoms in total. The van der Waals surface area contributed by atoms with E-state index in [1.165, 1.54) is 0 Å². The minimum Gasteiger partial charge on any atom is -0.330 e. The average molecular weight is 214 g/mol. The van der Waals surface area contributed by atoms with Gasteiger partial charge in [0.25, 0.3) is 0 Å². The Balaban J connectivity index is 0.00000121. The maximum absolute atomic E-state index is 11.2. The molecule has 0 radical (unpaired) electrons. The fraction of sp³-hybridized carbons (Fsp3) is 1.00. The van der Waals surface area contributed by atoms with Crippen molar-refractivity contribution in [2.24, 2.45) is 11.7 Å². The molecule has 0 aliphatic carbocycles. The summed E-state index contributed by atoms with van der Waals surface area (Å²) < 4.78 is 22.4. The van der Waals surface area contributed by atoms with Crippen molar-refractivity contribution < 1.29 is 8.42 Å². The summed E-state index contributed by atoms with van der Waals surface area (Å²) in [6.07, 6.45) is 1.50. The topological polar surface area (TPSA) is 60.2 Å². The van der Waals surface area contributed by atoms with Crippen LogP contribution in [0.5, 0.6) is 0 Å². The molecule has 1 rings (SSSR count). The van der Waals surface area contributed by atoms with Crippen LogP contribution in [0.2, 0.25) is 0 Å². The minimum atomic E-state index is -2.76. The van der Waals surface area contributed by atoms with Gasteiger partial charge in [0.2, 0.25) is 0 Å². The van der Waals surface area contributed by atoms with Gasteiger partial charge < -0.3 is 5.73 Å². The van der Waals surface area contributed by atoms with Crippen molar-refractivity contribution in [1.29, 1.82) is 0 Å². The van der Waals surface area contributed by atoms with Gasteiger partial charge in [0.05, 0.1) is 11.0 Å². The van der Waals surface area contributed by atoms with Gasteiger partial charge in [-0.15, -0.1) is 12.4 Å². The number of hydrogen-bond acceptors (Lipinski definition) is 3. The highest BCUT2D eigenvalue weighted by atomic mass is 35.5. The number of halogens is 1. The van der Waals surface area contributed by atoms with Crippen LogP contribution in [-0.2, 0) is 9.84 Å². The quantitative estimate of drug-likeness (QED) is 0.693. The van der Waals surface area contributed by atoms with Crippen LogP contribution in [0, 0.1) is 5.92 Å². The van der Waals surface area contributed by atoms with E-state index in [1.54, 1.807) is 6.92 Å². The Morgan fingerprint density at radius 2 is 2.08 bits per heavy atom. The molecule has 1 fully saturated rings. The predicted octanol–water partition coefficient (Wildman–Crippen LogP) is 0.580. The number of rotatable bonds is 1. The summed E-state index contributed by atoms with van der Waals surface area (Å²) in [5.74, 6) is 0.754. The van der Waals surface area contributed by atoms with Gasteiger partial charge in [-0.1, -0.05) is 0 Å². The second-order valence-electron chi connectivity index (χ2n) is 3.30. The van der Waals surface area contributed by atoms with Crippen molar-refractivity contribution in [3.63, 3.8) is 0 Å². The molecular formula is C7H16ClNO2S. The number of sulfone groups is 1. The van der Waals surface area contributed by atoms with E-state index < -0.39 is 9.84 Å². The normalized spacial score (nSPS) is 33.8. The molecule has 0 bridgehead atoms. The fourth-order valence-electron chi connectivity index (χ4n) is 1.48. The SMILES string of the molecule is CC1CC(CN)CCS1(=O)=O.Cl. The zero-order chi connectivity index (χ0) is 8.48. The summed E-state index contributed by atoms with van der Waals surface area (Å²) >= 11 is 0. The molecule has 0 aromatic heterocycles. The van der Waals surface area contributed by atoms with Crippen LogP contribution in [0.4, 0.5) is 0 Å². The third-order valence-electron chi connectivity index (χ3n) is 2.42. The molecule has 1 saturated heterocycles. The van der Waals surface area contributed by atoms with Crippen molar-refractivity contribution in [2.75, 3.05) is 12.3 Å². The first-order valence-electron chi connectivity index (χ1n) is 3.98. The van der Waals surface area contributed by atoms with Gasteiger partial charge in [0.15, 0.2) is 9.84 Å². The molecule has 0 aromatic rings. The van der Waals surface area contributed by atoms with Gasteiger partial charge in [0.1, 0.15) is 0 Å². The summed E-state index contributed by atoms with van der Waals surface area (Å²) in [6, 6.07) is 0. The highest BCUT2D eigenvalue weighted by Crippen LogP contribution is 2.23. The molecule has 5 heteroatoms. The lowest BCUT2D eigenvalue weighted by atomic mass is 10.0. The molecule has 2 atom stereocenters. The lowest BCUT2D eigenvalue weighted by Crippen LogP contribution is -2.33. The molecule has 74 valence electrons. The van der Waals surface area contributed by atoms with Crippen molar-refractivity contribution >= 4 is 22.2 Å². The monoisotopic (exact) mass is 213 g/mol. The number of hydrogen-bond donors (Lipinski definition) is 1. The molecule has 1 aliphatic rings. The zero-order valence-electron chi connectivity index (χ0n) is 7.19.